The average Bonchev–Trinajstić information content (AvgIpc) is 2.63. The van der Waals surface area contributed by atoms with Gasteiger partial charge in [0.2, 0.25) is 0 Å². The van der Waals surface area contributed by atoms with Gasteiger partial charge in [-0.15, -0.1) is 0 Å². The second kappa shape index (κ2) is 4.82. The first-order chi connectivity index (χ1) is 6.76. The normalized spacial score (nSPS) is 10.7. The zero-order valence-corrected chi connectivity index (χ0v) is 7.74. The van der Waals surface area contributed by atoms with E-state index >= 15 is 0 Å². The van der Waals surface area contributed by atoms with Gasteiger partial charge in [-0.3, -0.25) is 0 Å². The standard InChI is InChI=1S/C9H10N4O/c1-7(2-3-10)12-6-9-4-8(5-11)13-14-9/h2-4,10,12H,6H2,1H3/b7-2-,10-3?. The van der Waals surface area contributed by atoms with Gasteiger partial charge in [0.1, 0.15) is 6.07 Å². The van der Waals surface area contributed by atoms with Gasteiger partial charge in [-0.1, -0.05) is 5.16 Å². The third-order valence-corrected chi connectivity index (χ3v) is 1.55. The van der Waals surface area contributed by atoms with Crippen LogP contribution in [0, 0.1) is 16.7 Å². The van der Waals surface area contributed by atoms with E-state index in [1.807, 2.05) is 13.0 Å². The fraction of sp³-hybridized carbons (Fsp3) is 0.222. The Kier molecular flexibility index (Phi) is 3.44. The van der Waals surface area contributed by atoms with Gasteiger partial charge in [-0.05, 0) is 13.0 Å². The predicted octanol–water partition coefficient (Wildman–Crippen LogP) is 1.19. The molecule has 0 radical (unpaired) electrons. The van der Waals surface area contributed by atoms with Crippen molar-refractivity contribution in [3.8, 4) is 6.07 Å². The molecule has 1 heterocycles. The molecule has 0 aromatic carbocycles. The van der Waals surface area contributed by atoms with Crippen LogP contribution in [0.1, 0.15) is 18.4 Å². The van der Waals surface area contributed by atoms with Gasteiger partial charge < -0.3 is 15.2 Å². The van der Waals surface area contributed by atoms with Crippen LogP contribution in [0.25, 0.3) is 0 Å². The topological polar surface area (TPSA) is 85.7 Å². The van der Waals surface area contributed by atoms with Crippen LogP contribution < -0.4 is 5.32 Å². The summed E-state index contributed by atoms with van der Waals surface area (Å²) in [6.45, 7) is 2.30. The van der Waals surface area contributed by atoms with Crippen molar-refractivity contribution in [2.45, 2.75) is 13.5 Å². The van der Waals surface area contributed by atoms with Crippen molar-refractivity contribution in [2.75, 3.05) is 0 Å². The lowest BCUT2D eigenvalue weighted by molar-refractivity contribution is 0.376. The lowest BCUT2D eigenvalue weighted by Gasteiger charge is -2.01. The maximum atomic E-state index is 8.48. The van der Waals surface area contributed by atoms with Crippen LogP contribution in [0.15, 0.2) is 22.4 Å². The third kappa shape index (κ3) is 2.75. The Hall–Kier alpha value is -2.09. The highest BCUT2D eigenvalue weighted by molar-refractivity contribution is 5.68. The highest BCUT2D eigenvalue weighted by Crippen LogP contribution is 2.02. The fourth-order valence-electron chi connectivity index (χ4n) is 0.859. The molecular formula is C9H10N4O. The van der Waals surface area contributed by atoms with Gasteiger partial charge >= 0.3 is 0 Å². The Labute approximate surface area is 81.5 Å². The Morgan fingerprint density at radius 2 is 2.64 bits per heavy atom. The summed E-state index contributed by atoms with van der Waals surface area (Å²) >= 11 is 0. The Morgan fingerprint density at radius 1 is 1.86 bits per heavy atom. The second-order valence-corrected chi connectivity index (χ2v) is 2.66. The second-order valence-electron chi connectivity index (χ2n) is 2.66. The largest absolute Gasteiger partial charge is 0.381 e. The lowest BCUT2D eigenvalue weighted by atomic mass is 10.3. The SMILES string of the molecule is C/C(=C/C=N)NCc1cc(C#N)no1. The first kappa shape index (κ1) is 9.99. The summed E-state index contributed by atoms with van der Waals surface area (Å²) in [6.07, 6.45) is 2.82. The summed E-state index contributed by atoms with van der Waals surface area (Å²) in [5.74, 6) is 0.597. The molecule has 1 aromatic rings. The van der Waals surface area contributed by atoms with Crippen LogP contribution >= 0.6 is 0 Å². The zero-order valence-electron chi connectivity index (χ0n) is 7.74. The maximum Gasteiger partial charge on any atom is 0.183 e. The molecule has 0 spiro atoms. The zero-order chi connectivity index (χ0) is 10.4. The lowest BCUT2D eigenvalue weighted by Crippen LogP contribution is -2.09. The van der Waals surface area contributed by atoms with E-state index in [1.165, 1.54) is 6.21 Å². The van der Waals surface area contributed by atoms with E-state index in [0.717, 1.165) is 5.70 Å². The monoisotopic (exact) mass is 190 g/mol. The van der Waals surface area contributed by atoms with Crippen LogP contribution in [0.2, 0.25) is 0 Å². The molecule has 72 valence electrons. The summed E-state index contributed by atoms with van der Waals surface area (Å²) in [5.41, 5.74) is 1.13. The Morgan fingerprint density at radius 3 is 3.21 bits per heavy atom. The summed E-state index contributed by atoms with van der Waals surface area (Å²) in [6, 6.07) is 3.45. The van der Waals surface area contributed by atoms with E-state index in [-0.39, 0.29) is 5.69 Å². The van der Waals surface area contributed by atoms with Gasteiger partial charge in [-0.2, -0.15) is 5.26 Å². The number of nitrogens with zero attached hydrogens (tertiary/aromatic N) is 2. The summed E-state index contributed by atoms with van der Waals surface area (Å²) in [5, 5.41) is 21.8. The van der Waals surface area contributed by atoms with Crippen molar-refractivity contribution in [1.29, 1.82) is 10.7 Å². The maximum absolute atomic E-state index is 8.48. The van der Waals surface area contributed by atoms with Gasteiger partial charge in [0, 0.05) is 18.0 Å². The van der Waals surface area contributed by atoms with Crippen LogP contribution in [0.4, 0.5) is 0 Å². The minimum atomic E-state index is 0.274. The quantitative estimate of drug-likeness (QED) is 0.698. The van der Waals surface area contributed by atoms with Crippen molar-refractivity contribution in [1.82, 2.24) is 10.5 Å². The molecule has 1 aromatic heterocycles. The Bertz CT molecular complexity index is 386. The molecule has 0 aliphatic carbocycles. The van der Waals surface area contributed by atoms with Crippen LogP contribution in [-0.2, 0) is 6.54 Å². The summed E-state index contributed by atoms with van der Waals surface area (Å²) < 4.78 is 4.86. The molecule has 0 aliphatic heterocycles. The van der Waals surface area contributed by atoms with Gasteiger partial charge in [0.15, 0.2) is 11.5 Å². The number of nitrogens with one attached hydrogen (secondary N) is 2. The number of nitriles is 1. The van der Waals surface area contributed by atoms with Crippen LogP contribution in [0.5, 0.6) is 0 Å². The summed E-state index contributed by atoms with van der Waals surface area (Å²) in [7, 11) is 0. The minimum absolute atomic E-state index is 0.274. The number of hydrogen-bond donors (Lipinski definition) is 2. The molecule has 0 bridgehead atoms. The molecule has 0 amide bonds. The van der Waals surface area contributed by atoms with Crippen LogP contribution in [-0.4, -0.2) is 11.4 Å². The molecule has 0 atom stereocenters. The van der Waals surface area contributed by atoms with E-state index in [1.54, 1.807) is 12.1 Å². The van der Waals surface area contributed by atoms with Gasteiger partial charge in [0.25, 0.3) is 0 Å². The average molecular weight is 190 g/mol. The number of rotatable bonds is 4. The smallest absolute Gasteiger partial charge is 0.183 e. The van der Waals surface area contributed by atoms with E-state index < -0.39 is 0 Å². The Balaban J connectivity index is 2.50. The third-order valence-electron chi connectivity index (χ3n) is 1.55. The van der Waals surface area contributed by atoms with Crippen LogP contribution in [0.3, 0.4) is 0 Å². The number of allylic oxidation sites excluding steroid dienone is 2. The first-order valence-electron chi connectivity index (χ1n) is 4.03. The van der Waals surface area contributed by atoms with Gasteiger partial charge in [-0.25, -0.2) is 0 Å². The van der Waals surface area contributed by atoms with Crippen molar-refractivity contribution in [2.24, 2.45) is 0 Å². The molecule has 0 aliphatic rings. The van der Waals surface area contributed by atoms with Crippen molar-refractivity contribution >= 4 is 6.21 Å². The molecule has 0 saturated carbocycles. The molecule has 0 saturated heterocycles. The first-order valence-corrected chi connectivity index (χ1v) is 4.03. The van der Waals surface area contributed by atoms with Crippen molar-refractivity contribution in [3.05, 3.63) is 29.3 Å². The van der Waals surface area contributed by atoms with Gasteiger partial charge in [0.05, 0.1) is 6.54 Å². The van der Waals surface area contributed by atoms with Crippen molar-refractivity contribution in [3.63, 3.8) is 0 Å². The molecule has 0 fully saturated rings. The van der Waals surface area contributed by atoms with Crippen molar-refractivity contribution < 1.29 is 4.52 Å². The predicted molar refractivity (Wildman–Crippen MR) is 50.6 cm³/mol. The van der Waals surface area contributed by atoms with E-state index in [4.69, 9.17) is 15.2 Å². The molecule has 5 heteroatoms. The molecule has 1 rings (SSSR count). The van der Waals surface area contributed by atoms with E-state index in [0.29, 0.717) is 12.3 Å². The minimum Gasteiger partial charge on any atom is -0.381 e. The van der Waals surface area contributed by atoms with E-state index in [2.05, 4.69) is 10.5 Å². The molecular weight excluding hydrogens is 180 g/mol. The van der Waals surface area contributed by atoms with E-state index in [9.17, 15) is 0 Å². The number of aromatic nitrogens is 1. The highest BCUT2D eigenvalue weighted by atomic mass is 16.5. The molecule has 14 heavy (non-hydrogen) atoms. The fourth-order valence-corrected chi connectivity index (χ4v) is 0.859. The molecule has 0 unspecified atom stereocenters. The molecule has 2 N–H and O–H groups in total. The molecule has 5 nitrogen and oxygen atoms in total. The highest BCUT2D eigenvalue weighted by Gasteiger charge is 2.01. The number of hydrogen-bond acceptors (Lipinski definition) is 5. The summed E-state index contributed by atoms with van der Waals surface area (Å²) in [4.78, 5) is 0.